The van der Waals surface area contributed by atoms with Gasteiger partial charge >= 0.3 is 0 Å². The summed E-state index contributed by atoms with van der Waals surface area (Å²) in [4.78, 5) is 4.40. The van der Waals surface area contributed by atoms with Gasteiger partial charge in [0.2, 0.25) is 0 Å². The summed E-state index contributed by atoms with van der Waals surface area (Å²) in [6.45, 7) is 3.23. The summed E-state index contributed by atoms with van der Waals surface area (Å²) >= 11 is 0. The maximum Gasteiger partial charge on any atom is 0.0373 e. The highest BCUT2D eigenvalue weighted by atomic mass is 14.9. The number of pyridine rings is 1. The van der Waals surface area contributed by atoms with Gasteiger partial charge in [-0.15, -0.1) is 0 Å². The van der Waals surface area contributed by atoms with Gasteiger partial charge in [-0.1, -0.05) is 12.1 Å². The molecule has 0 saturated carbocycles. The molecule has 0 aromatic carbocycles. The van der Waals surface area contributed by atoms with Crippen molar-refractivity contribution in [3.63, 3.8) is 0 Å². The van der Waals surface area contributed by atoms with Crippen LogP contribution in [0.1, 0.15) is 36.9 Å². The van der Waals surface area contributed by atoms with Gasteiger partial charge in [0.25, 0.3) is 0 Å². The zero-order valence-electron chi connectivity index (χ0n) is 10.4. The Morgan fingerprint density at radius 3 is 3.12 bits per heavy atom. The third kappa shape index (κ3) is 2.27. The van der Waals surface area contributed by atoms with Gasteiger partial charge in [-0.25, -0.2) is 0 Å². The van der Waals surface area contributed by atoms with Gasteiger partial charge in [0.1, 0.15) is 0 Å². The van der Waals surface area contributed by atoms with Crippen molar-refractivity contribution in [2.75, 3.05) is 6.54 Å². The highest BCUT2D eigenvalue weighted by molar-refractivity contribution is 5.66. The molecule has 0 amide bonds. The summed E-state index contributed by atoms with van der Waals surface area (Å²) in [5.41, 5.74) is 3.88. The molecule has 1 aromatic rings. The van der Waals surface area contributed by atoms with E-state index in [4.69, 9.17) is 0 Å². The summed E-state index contributed by atoms with van der Waals surface area (Å²) in [7, 11) is 0. The Labute approximate surface area is 103 Å². The van der Waals surface area contributed by atoms with Gasteiger partial charge in [-0.2, -0.15) is 0 Å². The van der Waals surface area contributed by atoms with E-state index in [-0.39, 0.29) is 0 Å². The SMILES string of the molecule is Cc1ccc(C2=CC[C@@H]3CCCN[C@@H]3C2)cn1. The minimum atomic E-state index is 0.699. The molecule has 1 aromatic heterocycles. The van der Waals surface area contributed by atoms with Crippen LogP contribution in [0.2, 0.25) is 0 Å². The third-order valence-electron chi connectivity index (χ3n) is 4.12. The van der Waals surface area contributed by atoms with Crippen LogP contribution in [0.3, 0.4) is 0 Å². The van der Waals surface area contributed by atoms with Crippen LogP contribution in [0.5, 0.6) is 0 Å². The van der Waals surface area contributed by atoms with E-state index in [0.717, 1.165) is 11.6 Å². The second-order valence-electron chi connectivity index (χ2n) is 5.32. The lowest BCUT2D eigenvalue weighted by Gasteiger charge is -2.36. The van der Waals surface area contributed by atoms with Gasteiger partial charge < -0.3 is 5.32 Å². The summed E-state index contributed by atoms with van der Waals surface area (Å²) in [6.07, 6.45) is 9.60. The van der Waals surface area contributed by atoms with E-state index in [9.17, 15) is 0 Å². The van der Waals surface area contributed by atoms with E-state index in [0.29, 0.717) is 6.04 Å². The molecule has 1 aliphatic heterocycles. The number of fused-ring (bicyclic) bond motifs is 1. The fourth-order valence-electron chi connectivity index (χ4n) is 3.05. The topological polar surface area (TPSA) is 24.9 Å². The van der Waals surface area contributed by atoms with E-state index in [1.165, 1.54) is 43.4 Å². The van der Waals surface area contributed by atoms with Crippen LogP contribution in [-0.2, 0) is 0 Å². The van der Waals surface area contributed by atoms with Crippen molar-refractivity contribution < 1.29 is 0 Å². The first-order chi connectivity index (χ1) is 8.33. The smallest absolute Gasteiger partial charge is 0.0373 e. The molecule has 1 saturated heterocycles. The van der Waals surface area contributed by atoms with Crippen molar-refractivity contribution in [3.8, 4) is 0 Å². The zero-order chi connectivity index (χ0) is 11.7. The van der Waals surface area contributed by atoms with Gasteiger partial charge in [-0.05, 0) is 62.3 Å². The number of rotatable bonds is 1. The highest BCUT2D eigenvalue weighted by Gasteiger charge is 2.28. The van der Waals surface area contributed by atoms with Crippen LogP contribution >= 0.6 is 0 Å². The highest BCUT2D eigenvalue weighted by Crippen LogP contribution is 2.34. The minimum absolute atomic E-state index is 0.699. The lowest BCUT2D eigenvalue weighted by atomic mass is 9.78. The maximum absolute atomic E-state index is 4.40. The zero-order valence-corrected chi connectivity index (χ0v) is 10.4. The Kier molecular flexibility index (Phi) is 2.98. The van der Waals surface area contributed by atoms with Crippen LogP contribution in [0.25, 0.3) is 5.57 Å². The Morgan fingerprint density at radius 1 is 1.35 bits per heavy atom. The van der Waals surface area contributed by atoms with E-state index in [1.807, 2.05) is 13.1 Å². The summed E-state index contributed by atoms with van der Waals surface area (Å²) in [5, 5.41) is 3.67. The molecule has 2 heteroatoms. The lowest BCUT2D eigenvalue weighted by molar-refractivity contribution is 0.278. The number of aryl methyl sites for hydroxylation is 1. The number of hydrogen-bond acceptors (Lipinski definition) is 2. The van der Waals surface area contributed by atoms with E-state index in [1.54, 1.807) is 0 Å². The number of hydrogen-bond donors (Lipinski definition) is 1. The van der Waals surface area contributed by atoms with Crippen LogP contribution in [0, 0.1) is 12.8 Å². The molecule has 17 heavy (non-hydrogen) atoms. The Bertz CT molecular complexity index is 419. The number of allylic oxidation sites excluding steroid dienone is 1. The van der Waals surface area contributed by atoms with Crippen molar-refractivity contribution in [2.24, 2.45) is 5.92 Å². The van der Waals surface area contributed by atoms with Crippen molar-refractivity contribution in [2.45, 2.75) is 38.6 Å². The monoisotopic (exact) mass is 228 g/mol. The maximum atomic E-state index is 4.40. The van der Waals surface area contributed by atoms with Crippen LogP contribution in [0.4, 0.5) is 0 Å². The number of piperidine rings is 1. The lowest BCUT2D eigenvalue weighted by Crippen LogP contribution is -2.42. The molecule has 1 N–H and O–H groups in total. The molecule has 2 nitrogen and oxygen atoms in total. The average molecular weight is 228 g/mol. The summed E-state index contributed by atoms with van der Waals surface area (Å²) < 4.78 is 0. The van der Waals surface area contributed by atoms with E-state index in [2.05, 4.69) is 28.5 Å². The molecule has 2 atom stereocenters. The third-order valence-corrected chi connectivity index (χ3v) is 4.12. The molecule has 1 fully saturated rings. The molecule has 90 valence electrons. The first kappa shape index (κ1) is 11.0. The minimum Gasteiger partial charge on any atom is -0.313 e. The Balaban J connectivity index is 1.80. The summed E-state index contributed by atoms with van der Waals surface area (Å²) in [6, 6.07) is 5.01. The molecule has 2 aliphatic rings. The molecule has 0 unspecified atom stereocenters. The molecule has 0 spiro atoms. The fraction of sp³-hybridized carbons (Fsp3) is 0.533. The van der Waals surface area contributed by atoms with Crippen LogP contribution in [0.15, 0.2) is 24.4 Å². The van der Waals surface area contributed by atoms with Crippen molar-refractivity contribution >= 4 is 5.57 Å². The van der Waals surface area contributed by atoms with Crippen molar-refractivity contribution in [1.29, 1.82) is 0 Å². The largest absolute Gasteiger partial charge is 0.313 e. The number of aromatic nitrogens is 1. The summed E-state index contributed by atoms with van der Waals surface area (Å²) in [5.74, 6) is 0.867. The number of nitrogens with zero attached hydrogens (tertiary/aromatic N) is 1. The van der Waals surface area contributed by atoms with Crippen LogP contribution < -0.4 is 5.32 Å². The second kappa shape index (κ2) is 4.61. The van der Waals surface area contributed by atoms with Crippen molar-refractivity contribution in [1.82, 2.24) is 10.3 Å². The molecular formula is C15H20N2. The van der Waals surface area contributed by atoms with Gasteiger partial charge in [-0.3, -0.25) is 4.98 Å². The molecular weight excluding hydrogens is 208 g/mol. The Hall–Kier alpha value is -1.15. The van der Waals surface area contributed by atoms with Crippen molar-refractivity contribution in [3.05, 3.63) is 35.7 Å². The number of nitrogens with one attached hydrogen (secondary N) is 1. The van der Waals surface area contributed by atoms with Crippen LogP contribution in [-0.4, -0.2) is 17.6 Å². The van der Waals surface area contributed by atoms with Gasteiger partial charge in [0, 0.05) is 17.9 Å². The second-order valence-corrected chi connectivity index (χ2v) is 5.32. The fourth-order valence-corrected chi connectivity index (χ4v) is 3.05. The normalized spacial score (nSPS) is 28.4. The molecule has 0 bridgehead atoms. The molecule has 1 aliphatic carbocycles. The molecule has 3 rings (SSSR count). The van der Waals surface area contributed by atoms with E-state index >= 15 is 0 Å². The first-order valence-corrected chi connectivity index (χ1v) is 6.68. The Morgan fingerprint density at radius 2 is 2.29 bits per heavy atom. The predicted octanol–water partition coefficient (Wildman–Crippen LogP) is 2.94. The predicted molar refractivity (Wildman–Crippen MR) is 70.7 cm³/mol. The van der Waals surface area contributed by atoms with Gasteiger partial charge in [0.15, 0.2) is 0 Å². The quantitative estimate of drug-likeness (QED) is 0.799. The first-order valence-electron chi connectivity index (χ1n) is 6.68. The van der Waals surface area contributed by atoms with Gasteiger partial charge in [0.05, 0.1) is 0 Å². The molecule has 0 radical (unpaired) electrons. The van der Waals surface area contributed by atoms with E-state index < -0.39 is 0 Å². The standard InChI is InChI=1S/C15H20N2/c1-11-4-5-14(10-17-11)13-7-6-12-3-2-8-16-15(12)9-13/h4-5,7,10,12,15-16H,2-3,6,8-9H2,1H3/t12-,15+/m0/s1. The molecule has 2 heterocycles. The average Bonchev–Trinajstić information content (AvgIpc) is 2.39.